The second-order valence-electron chi connectivity index (χ2n) is 7.01. The molecule has 2 aliphatic rings. The van der Waals surface area contributed by atoms with Crippen LogP contribution in [0, 0.1) is 11.8 Å². The maximum Gasteiger partial charge on any atom is 0.226 e. The van der Waals surface area contributed by atoms with Gasteiger partial charge in [-0.05, 0) is 36.5 Å². The molecule has 2 atom stereocenters. The third-order valence-electron chi connectivity index (χ3n) is 5.01. The quantitative estimate of drug-likeness (QED) is 0.881. The van der Waals surface area contributed by atoms with Crippen molar-refractivity contribution in [1.82, 2.24) is 10.2 Å². The van der Waals surface area contributed by atoms with Gasteiger partial charge in [-0.2, -0.15) is 0 Å². The van der Waals surface area contributed by atoms with Crippen molar-refractivity contribution in [2.45, 2.75) is 25.3 Å². The number of nitrogens with one attached hydrogen (secondary N) is 1. The van der Waals surface area contributed by atoms with E-state index in [1.807, 2.05) is 47.4 Å². The predicted octanol–water partition coefficient (Wildman–Crippen LogP) is 2.74. The standard InChI is InChI=1S/C20H22N2O3/c23-18-11-16(13-22(18)12-14-8-9-14)20(24)21-19(17-7-4-10-25-17)15-5-2-1-3-6-15/h1-7,10,14,16,19H,8-9,11-13H2,(H,21,24)/t16-,19-/m0/s1. The Hall–Kier alpha value is -2.56. The van der Waals surface area contributed by atoms with Gasteiger partial charge in [0.15, 0.2) is 0 Å². The molecule has 25 heavy (non-hydrogen) atoms. The van der Waals surface area contributed by atoms with Gasteiger partial charge in [-0.15, -0.1) is 0 Å². The van der Waals surface area contributed by atoms with Crippen LogP contribution in [-0.2, 0) is 9.59 Å². The van der Waals surface area contributed by atoms with Crippen LogP contribution in [0.4, 0.5) is 0 Å². The first-order chi connectivity index (χ1) is 12.2. The fourth-order valence-corrected chi connectivity index (χ4v) is 3.42. The van der Waals surface area contributed by atoms with Gasteiger partial charge in [0, 0.05) is 19.5 Å². The number of furan rings is 1. The zero-order valence-electron chi connectivity index (χ0n) is 14.1. The molecule has 0 unspecified atom stereocenters. The smallest absolute Gasteiger partial charge is 0.226 e. The summed E-state index contributed by atoms with van der Waals surface area (Å²) in [6.45, 7) is 1.34. The molecule has 1 aliphatic carbocycles. The van der Waals surface area contributed by atoms with Gasteiger partial charge in [-0.3, -0.25) is 9.59 Å². The Balaban J connectivity index is 1.46. The molecule has 130 valence electrons. The zero-order chi connectivity index (χ0) is 17.2. The molecular weight excluding hydrogens is 316 g/mol. The lowest BCUT2D eigenvalue weighted by atomic mass is 10.0. The molecule has 1 aromatic carbocycles. The third-order valence-corrected chi connectivity index (χ3v) is 5.01. The van der Waals surface area contributed by atoms with Crippen LogP contribution in [0.15, 0.2) is 53.1 Å². The van der Waals surface area contributed by atoms with Crippen LogP contribution in [0.5, 0.6) is 0 Å². The first-order valence-corrected chi connectivity index (χ1v) is 8.87. The number of rotatable bonds is 6. The van der Waals surface area contributed by atoms with Crippen molar-refractivity contribution in [3.05, 3.63) is 60.1 Å². The molecule has 2 heterocycles. The summed E-state index contributed by atoms with van der Waals surface area (Å²) in [6, 6.07) is 13.1. The maximum atomic E-state index is 12.8. The average molecular weight is 338 g/mol. The van der Waals surface area contributed by atoms with E-state index in [0.717, 1.165) is 12.1 Å². The number of likely N-dealkylation sites (tertiary alicyclic amines) is 1. The molecule has 0 spiro atoms. The Morgan fingerprint density at radius 3 is 2.68 bits per heavy atom. The van der Waals surface area contributed by atoms with Gasteiger partial charge in [0.1, 0.15) is 11.8 Å². The second-order valence-corrected chi connectivity index (χ2v) is 7.01. The van der Waals surface area contributed by atoms with Gasteiger partial charge in [0.05, 0.1) is 12.2 Å². The molecule has 5 nitrogen and oxygen atoms in total. The van der Waals surface area contributed by atoms with E-state index in [1.165, 1.54) is 12.8 Å². The van der Waals surface area contributed by atoms with Crippen LogP contribution >= 0.6 is 0 Å². The van der Waals surface area contributed by atoms with Crippen LogP contribution in [0.2, 0.25) is 0 Å². The highest BCUT2D eigenvalue weighted by molar-refractivity contribution is 5.89. The van der Waals surface area contributed by atoms with Crippen LogP contribution in [0.1, 0.15) is 36.6 Å². The van der Waals surface area contributed by atoms with Gasteiger partial charge < -0.3 is 14.6 Å². The highest BCUT2D eigenvalue weighted by Gasteiger charge is 2.38. The van der Waals surface area contributed by atoms with E-state index in [9.17, 15) is 9.59 Å². The number of amides is 2. The van der Waals surface area contributed by atoms with Crippen molar-refractivity contribution in [3.63, 3.8) is 0 Å². The predicted molar refractivity (Wildman–Crippen MR) is 92.5 cm³/mol. The van der Waals surface area contributed by atoms with Crippen molar-refractivity contribution < 1.29 is 14.0 Å². The molecule has 2 amide bonds. The number of hydrogen-bond acceptors (Lipinski definition) is 3. The highest BCUT2D eigenvalue weighted by Crippen LogP contribution is 2.32. The van der Waals surface area contributed by atoms with Crippen LogP contribution in [0.3, 0.4) is 0 Å². The van der Waals surface area contributed by atoms with Crippen molar-refractivity contribution in [2.75, 3.05) is 13.1 Å². The number of nitrogens with zero attached hydrogens (tertiary/aromatic N) is 1. The Morgan fingerprint density at radius 1 is 1.20 bits per heavy atom. The van der Waals surface area contributed by atoms with E-state index in [2.05, 4.69) is 5.32 Å². The van der Waals surface area contributed by atoms with E-state index in [4.69, 9.17) is 4.42 Å². The van der Waals surface area contributed by atoms with E-state index in [0.29, 0.717) is 24.6 Å². The molecule has 1 aliphatic heterocycles. The van der Waals surface area contributed by atoms with Crippen LogP contribution < -0.4 is 5.32 Å². The number of carbonyl (C=O) groups excluding carboxylic acids is 2. The SMILES string of the molecule is O=C(N[C@@H](c1ccccc1)c1ccco1)[C@H]1CC(=O)N(CC2CC2)C1. The first-order valence-electron chi connectivity index (χ1n) is 8.87. The van der Waals surface area contributed by atoms with Crippen molar-refractivity contribution in [3.8, 4) is 0 Å². The lowest BCUT2D eigenvalue weighted by Gasteiger charge is -2.20. The molecule has 1 saturated carbocycles. The van der Waals surface area contributed by atoms with E-state index in [1.54, 1.807) is 6.26 Å². The molecule has 1 aromatic heterocycles. The Morgan fingerprint density at radius 2 is 2.00 bits per heavy atom. The highest BCUT2D eigenvalue weighted by atomic mass is 16.3. The largest absolute Gasteiger partial charge is 0.467 e. The maximum absolute atomic E-state index is 12.8. The summed E-state index contributed by atoms with van der Waals surface area (Å²) in [5.41, 5.74) is 0.963. The van der Waals surface area contributed by atoms with Crippen LogP contribution in [0.25, 0.3) is 0 Å². The topological polar surface area (TPSA) is 62.6 Å². The summed E-state index contributed by atoms with van der Waals surface area (Å²) in [6.07, 6.45) is 4.32. The van der Waals surface area contributed by atoms with Crippen molar-refractivity contribution in [2.24, 2.45) is 11.8 Å². The Bertz CT molecular complexity index is 738. The minimum atomic E-state index is -0.337. The average Bonchev–Trinajstić information content (AvgIpc) is 3.13. The van der Waals surface area contributed by atoms with Crippen molar-refractivity contribution >= 4 is 11.8 Å². The Labute approximate surface area is 147 Å². The second kappa shape index (κ2) is 6.75. The third kappa shape index (κ3) is 3.60. The zero-order valence-corrected chi connectivity index (χ0v) is 14.1. The molecule has 2 aromatic rings. The summed E-state index contributed by atoms with van der Waals surface area (Å²) in [5, 5.41) is 3.08. The van der Waals surface area contributed by atoms with Gasteiger partial charge in [0.2, 0.25) is 11.8 Å². The molecule has 0 bridgehead atoms. The van der Waals surface area contributed by atoms with Gasteiger partial charge in [-0.25, -0.2) is 0 Å². The van der Waals surface area contributed by atoms with Crippen molar-refractivity contribution in [1.29, 1.82) is 0 Å². The summed E-state index contributed by atoms with van der Waals surface area (Å²) in [4.78, 5) is 26.8. The van der Waals surface area contributed by atoms with Gasteiger partial charge in [-0.1, -0.05) is 30.3 Å². The molecule has 2 fully saturated rings. The number of benzene rings is 1. The van der Waals surface area contributed by atoms with Gasteiger partial charge in [0.25, 0.3) is 0 Å². The van der Waals surface area contributed by atoms with E-state index < -0.39 is 0 Å². The summed E-state index contributed by atoms with van der Waals surface area (Å²) < 4.78 is 5.52. The Kier molecular flexibility index (Phi) is 4.30. The fraction of sp³-hybridized carbons (Fsp3) is 0.400. The van der Waals surface area contributed by atoms with Crippen LogP contribution in [-0.4, -0.2) is 29.8 Å². The fourth-order valence-electron chi connectivity index (χ4n) is 3.42. The van der Waals surface area contributed by atoms with E-state index in [-0.39, 0.29) is 23.8 Å². The monoisotopic (exact) mass is 338 g/mol. The molecule has 1 saturated heterocycles. The molecule has 5 heteroatoms. The molecule has 4 rings (SSSR count). The first kappa shape index (κ1) is 15.9. The number of hydrogen-bond donors (Lipinski definition) is 1. The summed E-state index contributed by atoms with van der Waals surface area (Å²) in [7, 11) is 0. The lowest BCUT2D eigenvalue weighted by molar-refractivity contribution is -0.129. The molecule has 0 radical (unpaired) electrons. The molecule has 1 N–H and O–H groups in total. The molecular formula is C20H22N2O3. The summed E-state index contributed by atoms with van der Waals surface area (Å²) in [5.74, 6) is 1.07. The number of carbonyl (C=O) groups is 2. The normalized spacial score (nSPS) is 21.4. The van der Waals surface area contributed by atoms with E-state index >= 15 is 0 Å². The summed E-state index contributed by atoms with van der Waals surface area (Å²) >= 11 is 0. The van der Waals surface area contributed by atoms with Gasteiger partial charge >= 0.3 is 0 Å². The lowest BCUT2D eigenvalue weighted by Crippen LogP contribution is -2.36. The minimum absolute atomic E-state index is 0.0862. The minimum Gasteiger partial charge on any atom is -0.467 e.